The van der Waals surface area contributed by atoms with Crippen LogP contribution >= 0.6 is 0 Å². The molecule has 0 aliphatic carbocycles. The Balaban J connectivity index is 1.72. The van der Waals surface area contributed by atoms with Crippen molar-refractivity contribution in [2.45, 2.75) is 13.1 Å². The Kier molecular flexibility index (Phi) is 4.69. The lowest BCUT2D eigenvalue weighted by Crippen LogP contribution is -2.12. The van der Waals surface area contributed by atoms with Crippen LogP contribution in [0.4, 0.5) is 5.82 Å². The average molecular weight is 373 g/mol. The SMILES string of the molecule is NCc1cnc(-n2ncc3c(C(N)=O)cccc32)nc1NCc1ccccc1. The highest BCUT2D eigenvalue weighted by molar-refractivity contribution is 6.05. The molecule has 0 saturated heterocycles. The Morgan fingerprint density at radius 1 is 1.07 bits per heavy atom. The van der Waals surface area contributed by atoms with Gasteiger partial charge in [0.2, 0.25) is 5.91 Å². The number of hydrogen-bond donors (Lipinski definition) is 3. The number of fused-ring (bicyclic) bond motifs is 1. The first kappa shape index (κ1) is 17.6. The zero-order chi connectivity index (χ0) is 19.5. The van der Waals surface area contributed by atoms with Gasteiger partial charge < -0.3 is 16.8 Å². The number of amides is 1. The number of primary amides is 1. The number of carbonyl (C=O) groups excluding carboxylic acids is 1. The summed E-state index contributed by atoms with van der Waals surface area (Å²) in [5, 5.41) is 8.32. The van der Waals surface area contributed by atoms with Gasteiger partial charge in [-0.2, -0.15) is 14.8 Å². The molecule has 1 amide bonds. The second-order valence-corrected chi connectivity index (χ2v) is 6.25. The molecule has 2 aromatic carbocycles. The lowest BCUT2D eigenvalue weighted by molar-refractivity contribution is 0.100. The number of hydrogen-bond acceptors (Lipinski definition) is 6. The van der Waals surface area contributed by atoms with Gasteiger partial charge in [-0.15, -0.1) is 0 Å². The highest BCUT2D eigenvalue weighted by Gasteiger charge is 2.14. The van der Waals surface area contributed by atoms with E-state index < -0.39 is 5.91 Å². The summed E-state index contributed by atoms with van der Waals surface area (Å²) in [4.78, 5) is 20.6. The fraction of sp³-hybridized carbons (Fsp3) is 0.100. The molecule has 140 valence electrons. The molecular weight excluding hydrogens is 354 g/mol. The average Bonchev–Trinajstić information content (AvgIpc) is 3.17. The van der Waals surface area contributed by atoms with Gasteiger partial charge in [0.15, 0.2) is 0 Å². The molecule has 2 aromatic heterocycles. The molecule has 0 unspecified atom stereocenters. The molecule has 4 rings (SSSR count). The molecule has 8 heteroatoms. The first-order valence-electron chi connectivity index (χ1n) is 8.78. The lowest BCUT2D eigenvalue weighted by Gasteiger charge is -2.11. The second-order valence-electron chi connectivity index (χ2n) is 6.25. The van der Waals surface area contributed by atoms with E-state index in [0.717, 1.165) is 11.1 Å². The zero-order valence-corrected chi connectivity index (χ0v) is 15.0. The Morgan fingerprint density at radius 3 is 2.64 bits per heavy atom. The van der Waals surface area contributed by atoms with E-state index in [9.17, 15) is 4.79 Å². The van der Waals surface area contributed by atoms with E-state index in [1.165, 1.54) is 0 Å². The zero-order valence-electron chi connectivity index (χ0n) is 15.0. The standard InChI is InChI=1S/C20H19N7O/c21-9-14-11-24-20(26-19(14)23-10-13-5-2-1-3-6-13)27-17-8-4-7-15(18(22)28)16(17)12-25-27/h1-8,11-12H,9-10,21H2,(H2,22,28)(H,23,24,26). The van der Waals surface area contributed by atoms with Crippen LogP contribution in [0, 0.1) is 0 Å². The van der Waals surface area contributed by atoms with Crippen LogP contribution in [0.1, 0.15) is 21.5 Å². The van der Waals surface area contributed by atoms with Gasteiger partial charge in [0.05, 0.1) is 17.3 Å². The molecule has 0 aliphatic heterocycles. The molecule has 0 bridgehead atoms. The fourth-order valence-corrected chi connectivity index (χ4v) is 3.01. The molecule has 0 aliphatic rings. The fourth-order valence-electron chi connectivity index (χ4n) is 3.01. The molecule has 0 fully saturated rings. The van der Waals surface area contributed by atoms with Crippen LogP contribution in [0.2, 0.25) is 0 Å². The van der Waals surface area contributed by atoms with E-state index in [1.807, 2.05) is 36.4 Å². The minimum atomic E-state index is -0.505. The monoisotopic (exact) mass is 373 g/mol. The van der Waals surface area contributed by atoms with Gasteiger partial charge in [0.1, 0.15) is 5.82 Å². The van der Waals surface area contributed by atoms with Crippen LogP contribution in [-0.2, 0) is 13.1 Å². The topological polar surface area (TPSA) is 125 Å². The van der Waals surface area contributed by atoms with Gasteiger partial charge in [-0.3, -0.25) is 4.79 Å². The van der Waals surface area contributed by atoms with Crippen LogP contribution in [0.25, 0.3) is 16.9 Å². The minimum Gasteiger partial charge on any atom is -0.366 e. The molecule has 2 heterocycles. The Morgan fingerprint density at radius 2 is 1.89 bits per heavy atom. The summed E-state index contributed by atoms with van der Waals surface area (Å²) in [5.41, 5.74) is 14.3. The molecule has 0 saturated carbocycles. The highest BCUT2D eigenvalue weighted by Crippen LogP contribution is 2.21. The van der Waals surface area contributed by atoms with Gasteiger partial charge in [-0.1, -0.05) is 36.4 Å². The van der Waals surface area contributed by atoms with E-state index >= 15 is 0 Å². The first-order valence-corrected chi connectivity index (χ1v) is 8.78. The van der Waals surface area contributed by atoms with E-state index in [-0.39, 0.29) is 0 Å². The summed E-state index contributed by atoms with van der Waals surface area (Å²) in [6, 6.07) is 15.3. The van der Waals surface area contributed by atoms with Crippen molar-refractivity contribution in [3.8, 4) is 5.95 Å². The van der Waals surface area contributed by atoms with E-state index in [0.29, 0.717) is 41.3 Å². The summed E-state index contributed by atoms with van der Waals surface area (Å²) in [5.74, 6) is 0.519. The summed E-state index contributed by atoms with van der Waals surface area (Å²) in [7, 11) is 0. The Bertz CT molecular complexity index is 1140. The number of rotatable bonds is 6. The quantitative estimate of drug-likeness (QED) is 0.475. The summed E-state index contributed by atoms with van der Waals surface area (Å²) < 4.78 is 1.58. The second kappa shape index (κ2) is 7.45. The third-order valence-electron chi connectivity index (χ3n) is 4.44. The summed E-state index contributed by atoms with van der Waals surface area (Å²) in [6.07, 6.45) is 3.27. The molecule has 0 spiro atoms. The molecule has 0 atom stereocenters. The number of benzene rings is 2. The van der Waals surface area contributed by atoms with Crippen molar-refractivity contribution in [1.82, 2.24) is 19.7 Å². The van der Waals surface area contributed by atoms with Crippen LogP contribution in [0.5, 0.6) is 0 Å². The van der Waals surface area contributed by atoms with Crippen LogP contribution in [-0.4, -0.2) is 25.7 Å². The van der Waals surface area contributed by atoms with Gasteiger partial charge in [-0.05, 0) is 17.7 Å². The first-order chi connectivity index (χ1) is 13.7. The van der Waals surface area contributed by atoms with Gasteiger partial charge in [-0.25, -0.2) is 4.98 Å². The van der Waals surface area contributed by atoms with Crippen molar-refractivity contribution >= 4 is 22.6 Å². The molecule has 4 aromatic rings. The van der Waals surface area contributed by atoms with E-state index in [2.05, 4.69) is 20.4 Å². The van der Waals surface area contributed by atoms with E-state index in [4.69, 9.17) is 11.5 Å². The maximum absolute atomic E-state index is 11.6. The number of carbonyl (C=O) groups is 1. The number of nitrogens with one attached hydrogen (secondary N) is 1. The van der Waals surface area contributed by atoms with Crippen LogP contribution in [0.15, 0.2) is 60.9 Å². The maximum atomic E-state index is 11.6. The molecule has 0 radical (unpaired) electrons. The predicted molar refractivity (Wildman–Crippen MR) is 107 cm³/mol. The number of nitrogens with zero attached hydrogens (tertiary/aromatic N) is 4. The largest absolute Gasteiger partial charge is 0.366 e. The lowest BCUT2D eigenvalue weighted by atomic mass is 10.1. The molecule has 8 nitrogen and oxygen atoms in total. The Hall–Kier alpha value is -3.78. The molecule has 5 N–H and O–H groups in total. The van der Waals surface area contributed by atoms with Crippen molar-refractivity contribution in [3.05, 3.63) is 77.6 Å². The van der Waals surface area contributed by atoms with Crippen LogP contribution in [0.3, 0.4) is 0 Å². The third-order valence-corrected chi connectivity index (χ3v) is 4.44. The normalized spacial score (nSPS) is 10.9. The number of nitrogens with two attached hydrogens (primary N) is 2. The van der Waals surface area contributed by atoms with Crippen molar-refractivity contribution < 1.29 is 4.79 Å². The third kappa shape index (κ3) is 3.28. The smallest absolute Gasteiger partial charge is 0.253 e. The summed E-state index contributed by atoms with van der Waals surface area (Å²) >= 11 is 0. The van der Waals surface area contributed by atoms with Gasteiger partial charge >= 0.3 is 0 Å². The summed E-state index contributed by atoms with van der Waals surface area (Å²) in [6.45, 7) is 0.916. The Labute approximate surface area is 161 Å². The van der Waals surface area contributed by atoms with Crippen molar-refractivity contribution in [3.63, 3.8) is 0 Å². The molecular formula is C20H19N7O. The maximum Gasteiger partial charge on any atom is 0.253 e. The van der Waals surface area contributed by atoms with Gasteiger partial charge in [0.25, 0.3) is 5.95 Å². The molecule has 28 heavy (non-hydrogen) atoms. The predicted octanol–water partition coefficient (Wildman–Crippen LogP) is 1.99. The number of aromatic nitrogens is 4. The van der Waals surface area contributed by atoms with Crippen molar-refractivity contribution in [2.24, 2.45) is 11.5 Å². The van der Waals surface area contributed by atoms with Crippen LogP contribution < -0.4 is 16.8 Å². The highest BCUT2D eigenvalue weighted by atomic mass is 16.1. The van der Waals surface area contributed by atoms with Gasteiger partial charge in [0, 0.05) is 30.2 Å². The van der Waals surface area contributed by atoms with Crippen molar-refractivity contribution in [2.75, 3.05) is 5.32 Å². The number of anilines is 1. The van der Waals surface area contributed by atoms with E-state index in [1.54, 1.807) is 29.2 Å². The minimum absolute atomic E-state index is 0.309. The van der Waals surface area contributed by atoms with Crippen molar-refractivity contribution in [1.29, 1.82) is 0 Å².